The van der Waals surface area contributed by atoms with E-state index < -0.39 is 0 Å². The number of carbonyl (C=O) groups is 1. The van der Waals surface area contributed by atoms with Gasteiger partial charge in [0.2, 0.25) is 11.8 Å². The molecule has 0 atom stereocenters. The van der Waals surface area contributed by atoms with Crippen LogP contribution in [0.25, 0.3) is 0 Å². The monoisotopic (exact) mass is 399 g/mol. The Kier molecular flexibility index (Phi) is 6.95. The number of aromatic nitrogens is 2. The van der Waals surface area contributed by atoms with Crippen LogP contribution in [0.15, 0.2) is 68.8 Å². The Hall–Kier alpha value is -2.25. The number of amides is 1. The lowest BCUT2D eigenvalue weighted by Crippen LogP contribution is -2.14. The number of benzene rings is 2. The van der Waals surface area contributed by atoms with E-state index in [-0.39, 0.29) is 18.3 Å². The van der Waals surface area contributed by atoms with Crippen molar-refractivity contribution in [2.24, 2.45) is 0 Å². The van der Waals surface area contributed by atoms with E-state index in [0.29, 0.717) is 16.9 Å². The fourth-order valence-corrected chi connectivity index (χ4v) is 3.93. The third kappa shape index (κ3) is 6.45. The number of thioether (sulfide) groups is 2. The average Bonchev–Trinajstić information content (AvgIpc) is 3.09. The van der Waals surface area contributed by atoms with Gasteiger partial charge in [0.15, 0.2) is 0 Å². The van der Waals surface area contributed by atoms with E-state index in [1.165, 1.54) is 4.90 Å². The molecular formula is C20H21N3O2S2. The molecule has 0 aliphatic heterocycles. The smallest absolute Gasteiger partial charge is 0.322 e. The molecule has 0 bridgehead atoms. The van der Waals surface area contributed by atoms with Gasteiger partial charge in [-0.05, 0) is 29.8 Å². The van der Waals surface area contributed by atoms with Crippen LogP contribution in [0.1, 0.15) is 25.3 Å². The van der Waals surface area contributed by atoms with Crippen molar-refractivity contribution in [3.05, 3.63) is 66.1 Å². The van der Waals surface area contributed by atoms with Crippen molar-refractivity contribution < 1.29 is 9.21 Å². The average molecular weight is 400 g/mol. The number of anilines is 1. The van der Waals surface area contributed by atoms with Gasteiger partial charge in [0.05, 0.1) is 12.2 Å². The first kappa shape index (κ1) is 19.5. The number of hydrogen-bond donors (Lipinski definition) is 1. The molecule has 0 saturated heterocycles. The minimum absolute atomic E-state index is 0.135. The summed E-state index contributed by atoms with van der Waals surface area (Å²) in [5.41, 5.74) is 0.944. The van der Waals surface area contributed by atoms with Crippen LogP contribution in [-0.2, 0) is 17.0 Å². The second-order valence-corrected chi connectivity index (χ2v) is 8.84. The van der Waals surface area contributed by atoms with Gasteiger partial charge in [0, 0.05) is 15.0 Å². The van der Waals surface area contributed by atoms with Gasteiger partial charge in [-0.25, -0.2) is 0 Å². The molecule has 3 aromatic rings. The number of rotatable bonds is 8. The highest BCUT2D eigenvalue weighted by Crippen LogP contribution is 2.24. The fraction of sp³-hybridized carbons (Fsp3) is 0.250. The molecule has 5 nitrogen and oxygen atoms in total. The van der Waals surface area contributed by atoms with Crippen molar-refractivity contribution in [2.75, 3.05) is 5.32 Å². The van der Waals surface area contributed by atoms with Gasteiger partial charge < -0.3 is 4.42 Å². The zero-order valence-corrected chi connectivity index (χ0v) is 16.8. The zero-order chi connectivity index (χ0) is 19.1. The predicted molar refractivity (Wildman–Crippen MR) is 110 cm³/mol. The number of nitrogens with one attached hydrogen (secondary N) is 1. The molecule has 0 aliphatic rings. The van der Waals surface area contributed by atoms with Crippen molar-refractivity contribution in [3.8, 4) is 0 Å². The molecule has 27 heavy (non-hydrogen) atoms. The molecule has 1 N–H and O–H groups in total. The molecule has 0 fully saturated rings. The van der Waals surface area contributed by atoms with E-state index in [4.69, 9.17) is 4.42 Å². The maximum absolute atomic E-state index is 12.2. The Morgan fingerprint density at radius 1 is 1.04 bits per heavy atom. The van der Waals surface area contributed by atoms with E-state index in [1.807, 2.05) is 54.6 Å². The fourth-order valence-electron chi connectivity index (χ4n) is 2.33. The van der Waals surface area contributed by atoms with Crippen LogP contribution in [0, 0.1) is 0 Å². The first-order chi connectivity index (χ1) is 13.1. The summed E-state index contributed by atoms with van der Waals surface area (Å²) in [6.07, 6.45) is 0.267. The SMILES string of the molecule is CC(C)Sc1ccc(CC(=O)Nc2nnc(CSc3ccccc3)o2)cc1. The molecule has 7 heteroatoms. The number of nitrogens with zero attached hydrogens (tertiary/aromatic N) is 2. The first-order valence-electron chi connectivity index (χ1n) is 8.64. The third-order valence-corrected chi connectivity index (χ3v) is 5.49. The summed E-state index contributed by atoms with van der Waals surface area (Å²) in [5, 5.41) is 11.1. The molecule has 1 amide bonds. The topological polar surface area (TPSA) is 68.0 Å². The summed E-state index contributed by atoms with van der Waals surface area (Å²) in [4.78, 5) is 14.5. The molecule has 140 valence electrons. The summed E-state index contributed by atoms with van der Waals surface area (Å²) >= 11 is 3.40. The Morgan fingerprint density at radius 3 is 2.48 bits per heavy atom. The highest BCUT2D eigenvalue weighted by atomic mass is 32.2. The van der Waals surface area contributed by atoms with Crippen molar-refractivity contribution in [1.82, 2.24) is 10.2 Å². The van der Waals surface area contributed by atoms with Crippen LogP contribution in [-0.4, -0.2) is 21.4 Å². The van der Waals surface area contributed by atoms with Crippen molar-refractivity contribution in [3.63, 3.8) is 0 Å². The van der Waals surface area contributed by atoms with Gasteiger partial charge in [-0.1, -0.05) is 49.3 Å². The van der Waals surface area contributed by atoms with Gasteiger partial charge in [-0.3, -0.25) is 10.1 Å². The van der Waals surface area contributed by atoms with E-state index in [1.54, 1.807) is 23.5 Å². The van der Waals surface area contributed by atoms with E-state index in [2.05, 4.69) is 29.4 Å². The molecule has 1 heterocycles. The number of carbonyl (C=O) groups excluding carboxylic acids is 1. The molecule has 2 aromatic carbocycles. The van der Waals surface area contributed by atoms with Crippen LogP contribution in [0.4, 0.5) is 6.01 Å². The van der Waals surface area contributed by atoms with Gasteiger partial charge in [-0.2, -0.15) is 0 Å². The summed E-state index contributed by atoms with van der Waals surface area (Å²) in [5.74, 6) is 0.862. The first-order valence-corrected chi connectivity index (χ1v) is 10.5. The van der Waals surface area contributed by atoms with Gasteiger partial charge in [0.1, 0.15) is 0 Å². The molecule has 3 rings (SSSR count). The molecule has 0 radical (unpaired) electrons. The minimum atomic E-state index is -0.176. The lowest BCUT2D eigenvalue weighted by Gasteiger charge is -2.06. The van der Waals surface area contributed by atoms with Crippen LogP contribution < -0.4 is 5.32 Å². The maximum atomic E-state index is 12.2. The lowest BCUT2D eigenvalue weighted by molar-refractivity contribution is -0.115. The normalized spacial score (nSPS) is 10.9. The highest BCUT2D eigenvalue weighted by Gasteiger charge is 2.11. The molecule has 0 spiro atoms. The molecule has 0 saturated carbocycles. The molecule has 0 aliphatic carbocycles. The van der Waals surface area contributed by atoms with Crippen molar-refractivity contribution in [2.45, 2.75) is 41.1 Å². The second-order valence-electron chi connectivity index (χ2n) is 6.14. The largest absolute Gasteiger partial charge is 0.407 e. The predicted octanol–water partition coefficient (Wildman–Crippen LogP) is 5.04. The van der Waals surface area contributed by atoms with Crippen molar-refractivity contribution >= 4 is 35.4 Å². The van der Waals surface area contributed by atoms with Crippen molar-refractivity contribution in [1.29, 1.82) is 0 Å². The maximum Gasteiger partial charge on any atom is 0.322 e. The quantitative estimate of drug-likeness (QED) is 0.535. The summed E-state index contributed by atoms with van der Waals surface area (Å²) in [6.45, 7) is 4.31. The van der Waals surface area contributed by atoms with Gasteiger partial charge >= 0.3 is 6.01 Å². The third-order valence-electron chi connectivity index (χ3n) is 3.48. The standard InChI is InChI=1S/C20H21N3O2S2/c1-14(2)27-17-10-8-15(9-11-17)12-18(24)21-20-23-22-19(25-20)13-26-16-6-4-3-5-7-16/h3-11,14H,12-13H2,1-2H3,(H,21,23,24). The summed E-state index contributed by atoms with van der Waals surface area (Å²) in [6, 6.07) is 18.1. The lowest BCUT2D eigenvalue weighted by atomic mass is 10.1. The Balaban J connectivity index is 1.48. The minimum Gasteiger partial charge on any atom is -0.407 e. The Morgan fingerprint density at radius 2 is 1.78 bits per heavy atom. The zero-order valence-electron chi connectivity index (χ0n) is 15.2. The van der Waals surface area contributed by atoms with E-state index >= 15 is 0 Å². The Bertz CT molecular complexity index is 864. The second kappa shape index (κ2) is 9.62. The molecular weight excluding hydrogens is 378 g/mol. The van der Waals surface area contributed by atoms with Crippen LogP contribution in [0.3, 0.4) is 0 Å². The molecule has 0 unspecified atom stereocenters. The van der Waals surface area contributed by atoms with Gasteiger partial charge in [-0.15, -0.1) is 28.6 Å². The summed E-state index contributed by atoms with van der Waals surface area (Å²) in [7, 11) is 0. The van der Waals surface area contributed by atoms with Crippen LogP contribution in [0.2, 0.25) is 0 Å². The molecule has 1 aromatic heterocycles. The van der Waals surface area contributed by atoms with Crippen LogP contribution >= 0.6 is 23.5 Å². The number of hydrogen-bond acceptors (Lipinski definition) is 6. The summed E-state index contributed by atoms with van der Waals surface area (Å²) < 4.78 is 5.50. The Labute approximate surface area is 167 Å². The van der Waals surface area contributed by atoms with Crippen LogP contribution in [0.5, 0.6) is 0 Å². The van der Waals surface area contributed by atoms with E-state index in [9.17, 15) is 4.79 Å². The highest BCUT2D eigenvalue weighted by molar-refractivity contribution is 8.00. The van der Waals surface area contributed by atoms with Gasteiger partial charge in [0.25, 0.3) is 0 Å². The van der Waals surface area contributed by atoms with E-state index in [0.717, 1.165) is 10.5 Å².